The van der Waals surface area contributed by atoms with Crippen molar-refractivity contribution in [3.05, 3.63) is 86.1 Å². The van der Waals surface area contributed by atoms with E-state index in [2.05, 4.69) is 5.32 Å². The lowest BCUT2D eigenvalue weighted by atomic mass is 9.84. The van der Waals surface area contributed by atoms with Crippen LogP contribution in [0.2, 0.25) is 0 Å². The molecule has 1 aliphatic carbocycles. The SMILES string of the molecule is CCc1sc(C(=O)OCC(=O)Nc2ccc3c(c2)C(=O)c2ccccc2C3=O)cc1C. The molecule has 0 unspecified atom stereocenters. The Bertz CT molecular complexity index is 1240. The van der Waals surface area contributed by atoms with Crippen LogP contribution < -0.4 is 5.32 Å². The van der Waals surface area contributed by atoms with E-state index in [1.165, 1.54) is 23.5 Å². The standard InChI is InChI=1S/C24H19NO5S/c1-3-19-13(2)10-20(31-19)24(29)30-12-21(26)25-14-8-9-17-18(11-14)23(28)16-7-5-4-6-15(16)22(17)27/h4-11H,3,12H2,1-2H3,(H,25,26). The number of esters is 1. The number of rotatable bonds is 5. The number of carbonyl (C=O) groups is 4. The molecule has 2 aromatic carbocycles. The van der Waals surface area contributed by atoms with E-state index in [0.29, 0.717) is 27.3 Å². The highest BCUT2D eigenvalue weighted by Crippen LogP contribution is 2.29. The third kappa shape index (κ3) is 3.92. The summed E-state index contributed by atoms with van der Waals surface area (Å²) in [6.07, 6.45) is 0.828. The van der Waals surface area contributed by atoms with Crippen LogP contribution in [0, 0.1) is 6.92 Å². The average molecular weight is 433 g/mol. The zero-order valence-corrected chi connectivity index (χ0v) is 17.8. The van der Waals surface area contributed by atoms with Crippen molar-refractivity contribution in [3.63, 3.8) is 0 Å². The fourth-order valence-electron chi connectivity index (χ4n) is 3.55. The number of nitrogens with one attached hydrogen (secondary N) is 1. The third-order valence-corrected chi connectivity index (χ3v) is 6.45. The minimum Gasteiger partial charge on any atom is -0.451 e. The fraction of sp³-hybridized carbons (Fsp3) is 0.167. The van der Waals surface area contributed by atoms with E-state index >= 15 is 0 Å². The monoisotopic (exact) mass is 433 g/mol. The summed E-state index contributed by atoms with van der Waals surface area (Å²) in [5.74, 6) is -1.58. The lowest BCUT2D eigenvalue weighted by molar-refractivity contribution is -0.119. The average Bonchev–Trinajstić information content (AvgIpc) is 3.16. The van der Waals surface area contributed by atoms with E-state index < -0.39 is 18.5 Å². The maximum Gasteiger partial charge on any atom is 0.348 e. The smallest absolute Gasteiger partial charge is 0.348 e. The summed E-state index contributed by atoms with van der Waals surface area (Å²) >= 11 is 1.36. The first kappa shape index (κ1) is 20.7. The number of aryl methyl sites for hydroxylation is 2. The normalized spacial score (nSPS) is 12.2. The Kier molecular flexibility index (Phi) is 5.52. The number of amides is 1. The molecule has 0 aliphatic heterocycles. The van der Waals surface area contributed by atoms with Gasteiger partial charge < -0.3 is 10.1 Å². The van der Waals surface area contributed by atoms with Crippen LogP contribution in [0.5, 0.6) is 0 Å². The van der Waals surface area contributed by atoms with Gasteiger partial charge in [0.2, 0.25) is 0 Å². The molecule has 0 saturated heterocycles. The van der Waals surface area contributed by atoms with Gasteiger partial charge in [0.25, 0.3) is 5.91 Å². The van der Waals surface area contributed by atoms with Crippen molar-refractivity contribution in [3.8, 4) is 0 Å². The molecule has 0 radical (unpaired) electrons. The molecule has 1 N–H and O–H groups in total. The van der Waals surface area contributed by atoms with Crippen LogP contribution in [0.1, 0.15) is 58.9 Å². The summed E-state index contributed by atoms with van der Waals surface area (Å²) in [5.41, 5.74) is 2.63. The van der Waals surface area contributed by atoms with E-state index in [4.69, 9.17) is 4.74 Å². The third-order valence-electron chi connectivity index (χ3n) is 5.09. The molecule has 1 heterocycles. The van der Waals surface area contributed by atoms with Gasteiger partial charge in [-0.3, -0.25) is 14.4 Å². The summed E-state index contributed by atoms with van der Waals surface area (Å²) in [6, 6.07) is 13.0. The number of thiophene rings is 1. The quantitative estimate of drug-likeness (QED) is 0.477. The Morgan fingerprint density at radius 1 is 0.935 bits per heavy atom. The highest BCUT2D eigenvalue weighted by Gasteiger charge is 2.29. The molecule has 0 atom stereocenters. The minimum atomic E-state index is -0.550. The van der Waals surface area contributed by atoms with Crippen molar-refractivity contribution in [1.29, 1.82) is 0 Å². The maximum atomic E-state index is 12.8. The number of benzene rings is 2. The molecule has 0 spiro atoms. The van der Waals surface area contributed by atoms with Crippen LogP contribution in [-0.4, -0.2) is 30.0 Å². The molecule has 3 aromatic rings. The zero-order chi connectivity index (χ0) is 22.1. The second-order valence-corrected chi connectivity index (χ2v) is 8.30. The van der Waals surface area contributed by atoms with Gasteiger partial charge in [-0.1, -0.05) is 31.2 Å². The molecular formula is C24H19NO5S. The van der Waals surface area contributed by atoms with Crippen molar-refractivity contribution in [2.24, 2.45) is 0 Å². The van der Waals surface area contributed by atoms with Crippen molar-refractivity contribution >= 4 is 40.5 Å². The van der Waals surface area contributed by atoms with E-state index in [1.54, 1.807) is 36.4 Å². The van der Waals surface area contributed by atoms with Crippen molar-refractivity contribution in [1.82, 2.24) is 0 Å². The van der Waals surface area contributed by atoms with Crippen LogP contribution in [-0.2, 0) is 16.0 Å². The maximum absolute atomic E-state index is 12.8. The van der Waals surface area contributed by atoms with Crippen molar-refractivity contribution in [2.75, 3.05) is 11.9 Å². The zero-order valence-electron chi connectivity index (χ0n) is 17.0. The lowest BCUT2D eigenvalue weighted by Gasteiger charge is -2.18. The number of fused-ring (bicyclic) bond motifs is 2. The molecule has 0 saturated carbocycles. The lowest BCUT2D eigenvalue weighted by Crippen LogP contribution is -2.23. The Hall–Kier alpha value is -3.58. The van der Waals surface area contributed by atoms with Gasteiger partial charge in [0.15, 0.2) is 18.2 Å². The molecule has 31 heavy (non-hydrogen) atoms. The molecule has 6 nitrogen and oxygen atoms in total. The van der Waals surface area contributed by atoms with Crippen LogP contribution in [0.3, 0.4) is 0 Å². The van der Waals surface area contributed by atoms with Gasteiger partial charge in [-0.15, -0.1) is 11.3 Å². The van der Waals surface area contributed by atoms with Crippen LogP contribution in [0.25, 0.3) is 0 Å². The highest BCUT2D eigenvalue weighted by molar-refractivity contribution is 7.14. The summed E-state index contributed by atoms with van der Waals surface area (Å²) in [6.45, 7) is 3.49. The van der Waals surface area contributed by atoms with Gasteiger partial charge in [-0.25, -0.2) is 4.79 Å². The summed E-state index contributed by atoms with van der Waals surface area (Å²) in [4.78, 5) is 51.4. The number of ether oxygens (including phenoxy) is 1. The molecule has 1 aromatic heterocycles. The molecule has 1 aliphatic rings. The van der Waals surface area contributed by atoms with E-state index in [9.17, 15) is 19.2 Å². The van der Waals surface area contributed by atoms with Crippen molar-refractivity contribution in [2.45, 2.75) is 20.3 Å². The van der Waals surface area contributed by atoms with Gasteiger partial charge >= 0.3 is 5.97 Å². The Balaban J connectivity index is 1.44. The second kappa shape index (κ2) is 8.28. The molecule has 7 heteroatoms. The van der Waals surface area contributed by atoms with Gasteiger partial charge in [0.05, 0.1) is 0 Å². The van der Waals surface area contributed by atoms with Crippen LogP contribution in [0.15, 0.2) is 48.5 Å². The number of hydrogen-bond donors (Lipinski definition) is 1. The highest BCUT2D eigenvalue weighted by atomic mass is 32.1. The topological polar surface area (TPSA) is 89.5 Å². The summed E-state index contributed by atoms with van der Waals surface area (Å²) < 4.78 is 5.11. The van der Waals surface area contributed by atoms with Crippen molar-refractivity contribution < 1.29 is 23.9 Å². The number of ketones is 2. The predicted octanol–water partition coefficient (Wildman–Crippen LogP) is 4.19. The molecule has 4 rings (SSSR count). The van der Waals surface area contributed by atoms with Gasteiger partial charge in [0, 0.05) is 32.8 Å². The number of carbonyl (C=O) groups excluding carboxylic acids is 4. The largest absolute Gasteiger partial charge is 0.451 e. The Labute approximate surface area is 182 Å². The Morgan fingerprint density at radius 3 is 2.23 bits per heavy atom. The van der Waals surface area contributed by atoms with E-state index in [0.717, 1.165) is 16.9 Å². The van der Waals surface area contributed by atoms with Gasteiger partial charge in [-0.2, -0.15) is 0 Å². The van der Waals surface area contributed by atoms with Gasteiger partial charge in [0.1, 0.15) is 4.88 Å². The molecule has 1 amide bonds. The number of anilines is 1. The summed E-state index contributed by atoms with van der Waals surface area (Å²) in [5, 5.41) is 2.61. The van der Waals surface area contributed by atoms with Gasteiger partial charge in [-0.05, 0) is 43.2 Å². The van der Waals surface area contributed by atoms with Crippen LogP contribution in [0.4, 0.5) is 5.69 Å². The molecular weight excluding hydrogens is 414 g/mol. The number of hydrogen-bond acceptors (Lipinski definition) is 6. The van der Waals surface area contributed by atoms with E-state index in [1.807, 2.05) is 13.8 Å². The summed E-state index contributed by atoms with van der Waals surface area (Å²) in [7, 11) is 0. The fourth-order valence-corrected chi connectivity index (χ4v) is 4.56. The minimum absolute atomic E-state index is 0.227. The first-order chi connectivity index (χ1) is 14.9. The predicted molar refractivity (Wildman–Crippen MR) is 117 cm³/mol. The van der Waals surface area contributed by atoms with Crippen LogP contribution >= 0.6 is 11.3 Å². The first-order valence-electron chi connectivity index (χ1n) is 9.77. The molecule has 156 valence electrons. The Morgan fingerprint density at radius 2 is 1.58 bits per heavy atom. The van der Waals surface area contributed by atoms with E-state index in [-0.39, 0.29) is 17.1 Å². The molecule has 0 fully saturated rings. The first-order valence-corrected chi connectivity index (χ1v) is 10.6. The molecule has 0 bridgehead atoms. The second-order valence-electron chi connectivity index (χ2n) is 7.16.